The van der Waals surface area contributed by atoms with Crippen molar-refractivity contribution >= 4 is 28.5 Å². The van der Waals surface area contributed by atoms with Gasteiger partial charge in [-0.3, -0.25) is 4.79 Å². The van der Waals surface area contributed by atoms with Crippen LogP contribution in [0.15, 0.2) is 24.3 Å². The van der Waals surface area contributed by atoms with Crippen LogP contribution in [-0.2, 0) is 0 Å². The van der Waals surface area contributed by atoms with Crippen LogP contribution >= 0.6 is 22.6 Å². The molecule has 2 aliphatic rings. The van der Waals surface area contributed by atoms with E-state index in [1.54, 1.807) is 0 Å². The Kier molecular flexibility index (Phi) is 3.11. The smallest absolute Gasteiger partial charge is 0.251 e. The maximum atomic E-state index is 12.1. The molecule has 3 atom stereocenters. The lowest BCUT2D eigenvalue weighted by Crippen LogP contribution is -2.38. The number of benzene rings is 1. The molecular weight excluding hydrogens is 325 g/mol. The number of carbonyl (C=O) groups excluding carboxylic acids is 1. The zero-order valence-corrected chi connectivity index (χ0v) is 11.8. The minimum Gasteiger partial charge on any atom is -0.349 e. The number of carbonyl (C=O) groups is 1. The highest BCUT2D eigenvalue weighted by Crippen LogP contribution is 2.44. The molecule has 2 nitrogen and oxygen atoms in total. The maximum Gasteiger partial charge on any atom is 0.251 e. The molecule has 0 aliphatic heterocycles. The Morgan fingerprint density at radius 2 is 1.94 bits per heavy atom. The molecule has 0 unspecified atom stereocenters. The molecule has 0 saturated heterocycles. The lowest BCUT2D eigenvalue weighted by Gasteiger charge is -2.22. The van der Waals surface area contributed by atoms with Gasteiger partial charge in [-0.25, -0.2) is 0 Å². The van der Waals surface area contributed by atoms with Gasteiger partial charge in [-0.15, -0.1) is 0 Å². The molecule has 3 rings (SSSR count). The lowest BCUT2D eigenvalue weighted by atomic mass is 9.95. The molecule has 1 amide bonds. The standard InChI is InChI=1S/C14H16INO/c15-12-5-3-10(4-6-12)14(17)16-13-8-9-1-2-11(13)7-9/h3-6,9,11,13H,1-2,7-8H2,(H,16,17)/t9-,11+,13-/m0/s1. The first kappa shape index (κ1) is 11.5. The Bertz CT molecular complexity index is 428. The third-order valence-electron chi connectivity index (χ3n) is 4.16. The van der Waals surface area contributed by atoms with E-state index in [9.17, 15) is 4.79 Å². The highest BCUT2D eigenvalue weighted by atomic mass is 127. The van der Waals surface area contributed by atoms with Crippen molar-refractivity contribution in [1.29, 1.82) is 0 Å². The van der Waals surface area contributed by atoms with Gasteiger partial charge >= 0.3 is 0 Å². The average Bonchev–Trinajstić information content (AvgIpc) is 2.91. The Balaban J connectivity index is 1.65. The number of rotatable bonds is 2. The molecule has 2 fully saturated rings. The predicted octanol–water partition coefficient (Wildman–Crippen LogP) is 3.21. The van der Waals surface area contributed by atoms with E-state index in [4.69, 9.17) is 0 Å². The van der Waals surface area contributed by atoms with Crippen LogP contribution in [0, 0.1) is 15.4 Å². The number of hydrogen-bond acceptors (Lipinski definition) is 1. The Morgan fingerprint density at radius 1 is 1.18 bits per heavy atom. The normalized spacial score (nSPS) is 30.5. The monoisotopic (exact) mass is 341 g/mol. The van der Waals surface area contributed by atoms with Crippen LogP contribution in [0.4, 0.5) is 0 Å². The molecule has 17 heavy (non-hydrogen) atoms. The average molecular weight is 341 g/mol. The van der Waals surface area contributed by atoms with Crippen molar-refractivity contribution < 1.29 is 4.79 Å². The minimum atomic E-state index is 0.0963. The van der Waals surface area contributed by atoms with Crippen molar-refractivity contribution in [2.24, 2.45) is 11.8 Å². The topological polar surface area (TPSA) is 29.1 Å². The van der Waals surface area contributed by atoms with E-state index in [1.807, 2.05) is 24.3 Å². The molecule has 3 heteroatoms. The Labute approximate surface area is 115 Å². The van der Waals surface area contributed by atoms with Gasteiger partial charge < -0.3 is 5.32 Å². The van der Waals surface area contributed by atoms with Crippen LogP contribution in [0.3, 0.4) is 0 Å². The fraction of sp³-hybridized carbons (Fsp3) is 0.500. The molecule has 2 aliphatic carbocycles. The van der Waals surface area contributed by atoms with Crippen molar-refractivity contribution in [3.05, 3.63) is 33.4 Å². The first-order valence-electron chi connectivity index (χ1n) is 6.29. The predicted molar refractivity (Wildman–Crippen MR) is 75.9 cm³/mol. The van der Waals surface area contributed by atoms with Gasteiger partial charge in [0.1, 0.15) is 0 Å². The van der Waals surface area contributed by atoms with Crippen molar-refractivity contribution in [1.82, 2.24) is 5.32 Å². The molecule has 0 spiro atoms. The fourth-order valence-corrected chi connectivity index (χ4v) is 3.63. The molecule has 90 valence electrons. The summed E-state index contributed by atoms with van der Waals surface area (Å²) in [5.41, 5.74) is 0.785. The summed E-state index contributed by atoms with van der Waals surface area (Å²) in [6.07, 6.45) is 5.21. The zero-order chi connectivity index (χ0) is 11.8. The van der Waals surface area contributed by atoms with E-state index < -0.39 is 0 Å². The molecule has 2 bridgehead atoms. The summed E-state index contributed by atoms with van der Waals surface area (Å²) in [5.74, 6) is 1.72. The highest BCUT2D eigenvalue weighted by molar-refractivity contribution is 14.1. The van der Waals surface area contributed by atoms with E-state index in [-0.39, 0.29) is 5.91 Å². The molecule has 0 heterocycles. The third kappa shape index (κ3) is 2.34. The second-order valence-corrected chi connectivity index (χ2v) is 6.51. The van der Waals surface area contributed by atoms with E-state index in [0.717, 1.165) is 17.4 Å². The SMILES string of the molecule is O=C(N[C@H]1C[C@H]2CC[C@@H]1C2)c1ccc(I)cc1. The molecular formula is C14H16INO. The molecule has 2 saturated carbocycles. The van der Waals surface area contributed by atoms with Crippen LogP contribution in [-0.4, -0.2) is 11.9 Å². The van der Waals surface area contributed by atoms with Gasteiger partial charge in [0.2, 0.25) is 0 Å². The van der Waals surface area contributed by atoms with Crippen LogP contribution in [0.2, 0.25) is 0 Å². The van der Waals surface area contributed by atoms with E-state index in [2.05, 4.69) is 27.9 Å². The lowest BCUT2D eigenvalue weighted by molar-refractivity contribution is 0.0923. The quantitative estimate of drug-likeness (QED) is 0.823. The molecule has 1 N–H and O–H groups in total. The van der Waals surface area contributed by atoms with E-state index in [1.165, 1.54) is 29.3 Å². The summed E-state index contributed by atoms with van der Waals surface area (Å²) >= 11 is 2.25. The summed E-state index contributed by atoms with van der Waals surface area (Å²) in [5, 5.41) is 3.20. The van der Waals surface area contributed by atoms with Gasteiger partial charge in [0.05, 0.1) is 0 Å². The van der Waals surface area contributed by atoms with Crippen molar-refractivity contribution in [2.45, 2.75) is 31.7 Å². The Morgan fingerprint density at radius 3 is 2.53 bits per heavy atom. The molecule has 1 aromatic carbocycles. The molecule has 0 aromatic heterocycles. The fourth-order valence-electron chi connectivity index (χ4n) is 3.27. The summed E-state index contributed by atoms with van der Waals surface area (Å²) in [6.45, 7) is 0. The van der Waals surface area contributed by atoms with Crippen molar-refractivity contribution in [3.63, 3.8) is 0 Å². The van der Waals surface area contributed by atoms with Gasteiger partial charge in [-0.2, -0.15) is 0 Å². The van der Waals surface area contributed by atoms with Crippen LogP contribution in [0.5, 0.6) is 0 Å². The number of nitrogens with one attached hydrogen (secondary N) is 1. The van der Waals surface area contributed by atoms with Crippen molar-refractivity contribution in [3.8, 4) is 0 Å². The van der Waals surface area contributed by atoms with E-state index >= 15 is 0 Å². The minimum absolute atomic E-state index is 0.0963. The van der Waals surface area contributed by atoms with Gasteiger partial charge in [0, 0.05) is 15.2 Å². The van der Waals surface area contributed by atoms with Gasteiger partial charge in [0.25, 0.3) is 5.91 Å². The Hall–Kier alpha value is -0.580. The summed E-state index contributed by atoms with van der Waals surface area (Å²) in [6, 6.07) is 8.21. The summed E-state index contributed by atoms with van der Waals surface area (Å²) < 4.78 is 1.17. The molecule has 0 radical (unpaired) electrons. The summed E-state index contributed by atoms with van der Waals surface area (Å²) in [7, 11) is 0. The van der Waals surface area contributed by atoms with Gasteiger partial charge in [-0.1, -0.05) is 6.42 Å². The van der Waals surface area contributed by atoms with Gasteiger partial charge in [0.15, 0.2) is 0 Å². The van der Waals surface area contributed by atoms with Crippen molar-refractivity contribution in [2.75, 3.05) is 0 Å². The number of halogens is 1. The van der Waals surface area contributed by atoms with Crippen LogP contribution in [0.1, 0.15) is 36.0 Å². The second kappa shape index (κ2) is 4.59. The number of hydrogen-bond donors (Lipinski definition) is 1. The first-order chi connectivity index (χ1) is 8.22. The van der Waals surface area contributed by atoms with Gasteiger partial charge in [-0.05, 0) is 78.0 Å². The number of fused-ring (bicyclic) bond motifs is 2. The first-order valence-corrected chi connectivity index (χ1v) is 7.36. The van der Waals surface area contributed by atoms with E-state index in [0.29, 0.717) is 6.04 Å². The number of amides is 1. The highest BCUT2D eigenvalue weighted by Gasteiger charge is 2.40. The third-order valence-corrected chi connectivity index (χ3v) is 4.88. The largest absolute Gasteiger partial charge is 0.349 e. The van der Waals surface area contributed by atoms with Crippen LogP contribution < -0.4 is 5.32 Å². The molecule has 1 aromatic rings. The summed E-state index contributed by atoms with van der Waals surface area (Å²) in [4.78, 5) is 12.1. The second-order valence-electron chi connectivity index (χ2n) is 5.26. The van der Waals surface area contributed by atoms with Crippen LogP contribution in [0.25, 0.3) is 0 Å². The zero-order valence-electron chi connectivity index (χ0n) is 9.66. The maximum absolute atomic E-state index is 12.1.